The van der Waals surface area contributed by atoms with Crippen LogP contribution in [0.2, 0.25) is 0 Å². The third kappa shape index (κ3) is 2.26. The van der Waals surface area contributed by atoms with Crippen LogP contribution < -0.4 is 10.5 Å². The van der Waals surface area contributed by atoms with Gasteiger partial charge < -0.3 is 10.5 Å². The lowest BCUT2D eigenvalue weighted by Gasteiger charge is -2.17. The Morgan fingerprint density at radius 3 is 2.83 bits per heavy atom. The van der Waals surface area contributed by atoms with Crippen molar-refractivity contribution in [3.05, 3.63) is 33.9 Å². The normalized spacial score (nSPS) is 22.4. The quantitative estimate of drug-likeness (QED) is 0.647. The summed E-state index contributed by atoms with van der Waals surface area (Å²) < 4.78 is 5.60. The Bertz CT molecular complexity index is 510. The van der Waals surface area contributed by atoms with Crippen molar-refractivity contribution in [2.45, 2.75) is 31.4 Å². The second-order valence-corrected chi connectivity index (χ2v) is 4.27. The van der Waals surface area contributed by atoms with E-state index in [1.54, 1.807) is 12.1 Å². The molecule has 18 heavy (non-hydrogen) atoms. The van der Waals surface area contributed by atoms with Crippen molar-refractivity contribution in [3.63, 3.8) is 0 Å². The van der Waals surface area contributed by atoms with Gasteiger partial charge in [-0.25, -0.2) is 0 Å². The number of nitro groups is 1. The molecule has 1 saturated carbocycles. The Morgan fingerprint density at radius 2 is 2.28 bits per heavy atom. The second kappa shape index (κ2) is 5.02. The molecule has 1 aliphatic carbocycles. The molecular formula is C12H13N3O3. The van der Waals surface area contributed by atoms with Crippen LogP contribution in [0.15, 0.2) is 18.2 Å². The number of nitrogens with zero attached hydrogens (tertiary/aromatic N) is 2. The number of rotatable bonds is 3. The van der Waals surface area contributed by atoms with Crippen LogP contribution in [0.5, 0.6) is 5.75 Å². The van der Waals surface area contributed by atoms with E-state index in [-0.39, 0.29) is 29.1 Å². The van der Waals surface area contributed by atoms with Gasteiger partial charge in [0.25, 0.3) is 0 Å². The van der Waals surface area contributed by atoms with Crippen LogP contribution in [-0.4, -0.2) is 17.1 Å². The molecule has 0 saturated heterocycles. The van der Waals surface area contributed by atoms with Gasteiger partial charge in [0.05, 0.1) is 4.92 Å². The second-order valence-electron chi connectivity index (χ2n) is 4.27. The summed E-state index contributed by atoms with van der Waals surface area (Å²) in [4.78, 5) is 10.4. The lowest BCUT2D eigenvalue weighted by atomic mass is 10.1. The van der Waals surface area contributed by atoms with E-state index in [0.29, 0.717) is 0 Å². The minimum Gasteiger partial charge on any atom is -0.482 e. The number of nitro benzene ring substituents is 1. The van der Waals surface area contributed by atoms with E-state index in [2.05, 4.69) is 0 Å². The van der Waals surface area contributed by atoms with Crippen molar-refractivity contribution in [2.24, 2.45) is 5.73 Å². The zero-order valence-electron chi connectivity index (χ0n) is 9.70. The third-order valence-electron chi connectivity index (χ3n) is 3.08. The fourth-order valence-electron chi connectivity index (χ4n) is 2.16. The predicted octanol–water partition coefficient (Wildman–Crippen LogP) is 1.73. The van der Waals surface area contributed by atoms with Crippen LogP contribution in [0.25, 0.3) is 0 Å². The third-order valence-corrected chi connectivity index (χ3v) is 3.08. The molecule has 6 nitrogen and oxygen atoms in total. The number of nitrogens with two attached hydrogens (primary N) is 1. The molecule has 0 radical (unpaired) electrons. The van der Waals surface area contributed by atoms with Gasteiger partial charge in [-0.2, -0.15) is 5.26 Å². The minimum absolute atomic E-state index is 0.00377. The number of nitriles is 1. The van der Waals surface area contributed by atoms with Crippen LogP contribution in [0, 0.1) is 21.4 Å². The molecule has 0 aliphatic heterocycles. The highest BCUT2D eigenvalue weighted by molar-refractivity contribution is 5.58. The Hall–Kier alpha value is -2.13. The Kier molecular flexibility index (Phi) is 3.44. The maximum atomic E-state index is 11.0. The van der Waals surface area contributed by atoms with E-state index in [0.717, 1.165) is 19.3 Å². The van der Waals surface area contributed by atoms with Gasteiger partial charge in [0.1, 0.15) is 17.7 Å². The van der Waals surface area contributed by atoms with Crippen molar-refractivity contribution >= 4 is 5.69 Å². The van der Waals surface area contributed by atoms with E-state index >= 15 is 0 Å². The van der Waals surface area contributed by atoms with Crippen LogP contribution >= 0.6 is 0 Å². The minimum atomic E-state index is -0.589. The molecule has 2 rings (SSSR count). The van der Waals surface area contributed by atoms with Gasteiger partial charge in [0.2, 0.25) is 0 Å². The van der Waals surface area contributed by atoms with Gasteiger partial charge in [0, 0.05) is 6.04 Å². The molecule has 1 aromatic rings. The first-order valence-corrected chi connectivity index (χ1v) is 5.73. The molecule has 0 spiro atoms. The number of ether oxygens (including phenoxy) is 1. The molecule has 6 heteroatoms. The SMILES string of the molecule is N#Cc1cccc(OC2CCCC2N)c1[N+](=O)[O-]. The lowest BCUT2D eigenvalue weighted by molar-refractivity contribution is -0.386. The summed E-state index contributed by atoms with van der Waals surface area (Å²) in [5, 5.41) is 19.9. The highest BCUT2D eigenvalue weighted by Crippen LogP contribution is 2.33. The van der Waals surface area contributed by atoms with Crippen molar-refractivity contribution in [1.29, 1.82) is 5.26 Å². The first kappa shape index (κ1) is 12.3. The molecule has 0 heterocycles. The van der Waals surface area contributed by atoms with Gasteiger partial charge in [-0.1, -0.05) is 6.07 Å². The van der Waals surface area contributed by atoms with E-state index in [9.17, 15) is 10.1 Å². The van der Waals surface area contributed by atoms with Gasteiger partial charge in [-0.15, -0.1) is 0 Å². The summed E-state index contributed by atoms with van der Waals surface area (Å²) in [5.74, 6) is 0.126. The average molecular weight is 247 g/mol. The summed E-state index contributed by atoms with van der Waals surface area (Å²) in [6.07, 6.45) is 2.39. The number of hydrogen-bond donors (Lipinski definition) is 1. The zero-order valence-corrected chi connectivity index (χ0v) is 9.70. The molecule has 2 atom stereocenters. The smallest absolute Gasteiger partial charge is 0.328 e. The van der Waals surface area contributed by atoms with E-state index < -0.39 is 4.92 Å². The summed E-state index contributed by atoms with van der Waals surface area (Å²) in [5.41, 5.74) is 5.59. The maximum Gasteiger partial charge on any atom is 0.328 e. The monoisotopic (exact) mass is 247 g/mol. The van der Waals surface area contributed by atoms with Crippen molar-refractivity contribution in [3.8, 4) is 11.8 Å². The Balaban J connectivity index is 2.33. The fourth-order valence-corrected chi connectivity index (χ4v) is 2.16. The molecule has 1 aromatic carbocycles. The molecule has 0 bridgehead atoms. The Labute approximate surface area is 104 Å². The fraction of sp³-hybridized carbons (Fsp3) is 0.417. The topological polar surface area (TPSA) is 102 Å². The summed E-state index contributed by atoms with van der Waals surface area (Å²) in [7, 11) is 0. The lowest BCUT2D eigenvalue weighted by Crippen LogP contribution is -2.33. The highest BCUT2D eigenvalue weighted by atomic mass is 16.6. The van der Waals surface area contributed by atoms with Crippen molar-refractivity contribution in [1.82, 2.24) is 0 Å². The maximum absolute atomic E-state index is 11.0. The number of para-hydroxylation sites is 1. The van der Waals surface area contributed by atoms with E-state index in [1.165, 1.54) is 12.1 Å². The van der Waals surface area contributed by atoms with Crippen LogP contribution in [0.4, 0.5) is 5.69 Å². The van der Waals surface area contributed by atoms with Crippen LogP contribution in [0.1, 0.15) is 24.8 Å². The van der Waals surface area contributed by atoms with Gasteiger partial charge in [0.15, 0.2) is 5.75 Å². The zero-order chi connectivity index (χ0) is 13.1. The molecule has 2 N–H and O–H groups in total. The molecule has 0 amide bonds. The predicted molar refractivity (Wildman–Crippen MR) is 64.1 cm³/mol. The van der Waals surface area contributed by atoms with E-state index in [1.807, 2.05) is 0 Å². The van der Waals surface area contributed by atoms with Gasteiger partial charge >= 0.3 is 5.69 Å². The van der Waals surface area contributed by atoms with Crippen molar-refractivity contribution < 1.29 is 9.66 Å². The first-order valence-electron chi connectivity index (χ1n) is 5.73. The van der Waals surface area contributed by atoms with Crippen LogP contribution in [-0.2, 0) is 0 Å². The number of hydrogen-bond acceptors (Lipinski definition) is 5. The summed E-state index contributed by atoms with van der Waals surface area (Å²) >= 11 is 0. The molecular weight excluding hydrogens is 234 g/mol. The molecule has 94 valence electrons. The van der Waals surface area contributed by atoms with Crippen LogP contribution in [0.3, 0.4) is 0 Å². The Morgan fingerprint density at radius 1 is 1.50 bits per heavy atom. The first-order chi connectivity index (χ1) is 8.63. The average Bonchev–Trinajstić information content (AvgIpc) is 2.74. The summed E-state index contributed by atoms with van der Waals surface area (Å²) in [6.45, 7) is 0. The standard InChI is InChI=1S/C12H13N3O3/c13-7-8-3-1-6-11(12(8)15(16)17)18-10-5-2-4-9(10)14/h1,3,6,9-10H,2,4-5,14H2. The molecule has 1 fully saturated rings. The van der Waals surface area contributed by atoms with Crippen molar-refractivity contribution in [2.75, 3.05) is 0 Å². The molecule has 0 aromatic heterocycles. The van der Waals surface area contributed by atoms with Gasteiger partial charge in [-0.3, -0.25) is 10.1 Å². The molecule has 2 unspecified atom stereocenters. The van der Waals surface area contributed by atoms with Gasteiger partial charge in [-0.05, 0) is 31.4 Å². The highest BCUT2D eigenvalue weighted by Gasteiger charge is 2.29. The van der Waals surface area contributed by atoms with E-state index in [4.69, 9.17) is 15.7 Å². The number of benzene rings is 1. The largest absolute Gasteiger partial charge is 0.482 e. The molecule has 1 aliphatic rings. The summed E-state index contributed by atoms with van der Waals surface area (Å²) in [6, 6.07) is 6.18.